The summed E-state index contributed by atoms with van der Waals surface area (Å²) < 4.78 is 4.99. The number of methoxy groups -OCH3 is 1. The lowest BCUT2D eigenvalue weighted by molar-refractivity contribution is 0.0706. The van der Waals surface area contributed by atoms with Crippen LogP contribution in [0.5, 0.6) is 0 Å². The number of alkyl halides is 1. The van der Waals surface area contributed by atoms with Crippen LogP contribution < -0.4 is 0 Å². The summed E-state index contributed by atoms with van der Waals surface area (Å²) in [5.74, 6) is 0.314. The zero-order chi connectivity index (χ0) is 13.5. The molecule has 0 N–H and O–H groups in total. The lowest BCUT2D eigenvalue weighted by Crippen LogP contribution is -2.36. The fraction of sp³-hybridized carbons (Fsp3) is 0.583. The molecule has 0 bridgehead atoms. The summed E-state index contributed by atoms with van der Waals surface area (Å²) in [4.78, 5) is 14.0. The number of rotatable bonds is 6. The number of carbonyl (C=O) groups excluding carboxylic acids is 1. The normalized spacial score (nSPS) is 10.4. The van der Waals surface area contributed by atoms with Gasteiger partial charge in [0.15, 0.2) is 0 Å². The van der Waals surface area contributed by atoms with E-state index in [-0.39, 0.29) is 5.91 Å². The number of hydrogen-bond acceptors (Lipinski definition) is 4. The van der Waals surface area contributed by atoms with E-state index in [0.29, 0.717) is 36.8 Å². The van der Waals surface area contributed by atoms with Crippen molar-refractivity contribution in [1.82, 2.24) is 15.1 Å². The van der Waals surface area contributed by atoms with Gasteiger partial charge in [-0.15, -0.1) is 11.6 Å². The summed E-state index contributed by atoms with van der Waals surface area (Å²) in [7, 11) is 1.60. The van der Waals surface area contributed by atoms with Gasteiger partial charge in [0.05, 0.1) is 23.6 Å². The van der Waals surface area contributed by atoms with Crippen molar-refractivity contribution in [2.75, 3.05) is 32.7 Å². The Morgan fingerprint density at radius 2 is 2.11 bits per heavy atom. The molecule has 18 heavy (non-hydrogen) atoms. The van der Waals surface area contributed by atoms with Crippen molar-refractivity contribution >= 4 is 17.5 Å². The van der Waals surface area contributed by atoms with E-state index in [2.05, 4.69) is 10.2 Å². The minimum Gasteiger partial charge on any atom is -0.383 e. The highest BCUT2D eigenvalue weighted by Gasteiger charge is 2.18. The zero-order valence-corrected chi connectivity index (χ0v) is 11.7. The quantitative estimate of drug-likeness (QED) is 0.735. The minimum atomic E-state index is -0.0804. The third-order valence-electron chi connectivity index (χ3n) is 2.54. The summed E-state index contributed by atoms with van der Waals surface area (Å²) in [5, 5.41) is 7.88. The average molecular weight is 272 g/mol. The first-order valence-electron chi connectivity index (χ1n) is 5.75. The summed E-state index contributed by atoms with van der Waals surface area (Å²) in [5.41, 5.74) is 1.92. The van der Waals surface area contributed by atoms with E-state index in [1.165, 1.54) is 0 Å². The van der Waals surface area contributed by atoms with Gasteiger partial charge in [-0.2, -0.15) is 10.2 Å². The highest BCUT2D eigenvalue weighted by Crippen LogP contribution is 2.09. The molecule has 0 saturated carbocycles. The van der Waals surface area contributed by atoms with Crippen molar-refractivity contribution in [3.05, 3.63) is 23.0 Å². The smallest absolute Gasteiger partial charge is 0.255 e. The van der Waals surface area contributed by atoms with Crippen LogP contribution in [0.25, 0.3) is 0 Å². The van der Waals surface area contributed by atoms with E-state index in [1.54, 1.807) is 25.0 Å². The van der Waals surface area contributed by atoms with Crippen LogP contribution in [0.3, 0.4) is 0 Å². The molecular formula is C12H18ClN3O2. The lowest BCUT2D eigenvalue weighted by Gasteiger charge is -2.21. The largest absolute Gasteiger partial charge is 0.383 e. The van der Waals surface area contributed by atoms with Gasteiger partial charge in [0.25, 0.3) is 5.91 Å². The Bertz CT molecular complexity index is 412. The average Bonchev–Trinajstić information content (AvgIpc) is 2.36. The Balaban J connectivity index is 2.90. The number of nitrogens with zero attached hydrogens (tertiary/aromatic N) is 3. The van der Waals surface area contributed by atoms with Gasteiger partial charge in [-0.1, -0.05) is 0 Å². The van der Waals surface area contributed by atoms with Crippen LogP contribution in [0.15, 0.2) is 6.07 Å². The molecule has 0 atom stereocenters. The van der Waals surface area contributed by atoms with Gasteiger partial charge in [0.2, 0.25) is 0 Å². The molecule has 0 aromatic carbocycles. The second kappa shape index (κ2) is 7.28. The van der Waals surface area contributed by atoms with E-state index in [4.69, 9.17) is 16.3 Å². The van der Waals surface area contributed by atoms with Gasteiger partial charge >= 0.3 is 0 Å². The molecule has 0 aliphatic carbocycles. The molecule has 0 aliphatic rings. The molecule has 1 amide bonds. The number of amides is 1. The third-order valence-corrected chi connectivity index (χ3v) is 2.71. The Kier molecular flexibility index (Phi) is 6.01. The second-order valence-electron chi connectivity index (χ2n) is 3.96. The standard InChI is InChI=1S/C12H18ClN3O2/c1-9-8-11(10(2)15-14-9)12(17)16(5-4-13)6-7-18-3/h8H,4-7H2,1-3H3. The Labute approximate surface area is 112 Å². The molecule has 5 nitrogen and oxygen atoms in total. The highest BCUT2D eigenvalue weighted by atomic mass is 35.5. The van der Waals surface area contributed by atoms with Gasteiger partial charge in [0, 0.05) is 26.1 Å². The fourth-order valence-corrected chi connectivity index (χ4v) is 1.76. The summed E-state index contributed by atoms with van der Waals surface area (Å²) in [6.45, 7) is 5.08. The summed E-state index contributed by atoms with van der Waals surface area (Å²) in [6.07, 6.45) is 0. The van der Waals surface area contributed by atoms with Crippen molar-refractivity contribution in [3.63, 3.8) is 0 Å². The molecule has 0 radical (unpaired) electrons. The van der Waals surface area contributed by atoms with Crippen molar-refractivity contribution in [3.8, 4) is 0 Å². The number of halogens is 1. The van der Waals surface area contributed by atoms with Gasteiger partial charge in [-0.25, -0.2) is 0 Å². The Morgan fingerprint density at radius 3 is 2.72 bits per heavy atom. The monoisotopic (exact) mass is 271 g/mol. The molecular weight excluding hydrogens is 254 g/mol. The number of ether oxygens (including phenoxy) is 1. The molecule has 0 spiro atoms. The van der Waals surface area contributed by atoms with Crippen molar-refractivity contribution < 1.29 is 9.53 Å². The van der Waals surface area contributed by atoms with Crippen molar-refractivity contribution in [1.29, 1.82) is 0 Å². The molecule has 1 aromatic heterocycles. The first-order chi connectivity index (χ1) is 8.60. The van der Waals surface area contributed by atoms with E-state index in [1.807, 2.05) is 6.92 Å². The fourth-order valence-electron chi connectivity index (χ4n) is 1.56. The zero-order valence-electron chi connectivity index (χ0n) is 10.9. The first-order valence-corrected chi connectivity index (χ1v) is 6.28. The Morgan fingerprint density at radius 1 is 1.39 bits per heavy atom. The maximum atomic E-state index is 12.4. The van der Waals surface area contributed by atoms with E-state index >= 15 is 0 Å². The van der Waals surface area contributed by atoms with Gasteiger partial charge in [-0.3, -0.25) is 4.79 Å². The molecule has 0 fully saturated rings. The SMILES string of the molecule is COCCN(CCCl)C(=O)c1cc(C)nnc1C. The highest BCUT2D eigenvalue weighted by molar-refractivity contribution is 6.18. The van der Waals surface area contributed by atoms with Crippen LogP contribution in [0, 0.1) is 13.8 Å². The first kappa shape index (κ1) is 14.9. The van der Waals surface area contributed by atoms with Crippen LogP contribution in [-0.4, -0.2) is 53.7 Å². The lowest BCUT2D eigenvalue weighted by atomic mass is 10.1. The van der Waals surface area contributed by atoms with Gasteiger partial charge < -0.3 is 9.64 Å². The summed E-state index contributed by atoms with van der Waals surface area (Å²) >= 11 is 5.72. The molecule has 0 unspecified atom stereocenters. The minimum absolute atomic E-state index is 0.0804. The number of aromatic nitrogens is 2. The topological polar surface area (TPSA) is 55.3 Å². The van der Waals surface area contributed by atoms with Crippen LogP contribution in [0.2, 0.25) is 0 Å². The van der Waals surface area contributed by atoms with Gasteiger partial charge in [0.1, 0.15) is 0 Å². The van der Waals surface area contributed by atoms with Crippen LogP contribution in [0.1, 0.15) is 21.7 Å². The molecule has 1 aromatic rings. The number of carbonyl (C=O) groups is 1. The molecule has 0 aliphatic heterocycles. The number of hydrogen-bond donors (Lipinski definition) is 0. The van der Waals surface area contributed by atoms with Crippen LogP contribution in [-0.2, 0) is 4.74 Å². The Hall–Kier alpha value is -1.20. The molecule has 6 heteroatoms. The van der Waals surface area contributed by atoms with E-state index in [0.717, 1.165) is 5.69 Å². The van der Waals surface area contributed by atoms with E-state index < -0.39 is 0 Å². The predicted octanol–water partition coefficient (Wildman–Crippen LogP) is 1.42. The maximum absolute atomic E-state index is 12.4. The maximum Gasteiger partial charge on any atom is 0.255 e. The van der Waals surface area contributed by atoms with E-state index in [9.17, 15) is 4.79 Å². The molecule has 1 rings (SSSR count). The second-order valence-corrected chi connectivity index (χ2v) is 4.34. The van der Waals surface area contributed by atoms with Gasteiger partial charge in [-0.05, 0) is 19.9 Å². The van der Waals surface area contributed by atoms with Crippen molar-refractivity contribution in [2.24, 2.45) is 0 Å². The van der Waals surface area contributed by atoms with Crippen LogP contribution in [0.4, 0.5) is 0 Å². The van der Waals surface area contributed by atoms with Crippen molar-refractivity contribution in [2.45, 2.75) is 13.8 Å². The van der Waals surface area contributed by atoms with Crippen LogP contribution >= 0.6 is 11.6 Å². The predicted molar refractivity (Wildman–Crippen MR) is 70.0 cm³/mol. The molecule has 100 valence electrons. The summed E-state index contributed by atoms with van der Waals surface area (Å²) in [6, 6.07) is 1.75. The number of aryl methyl sites for hydroxylation is 2. The molecule has 1 heterocycles. The molecule has 0 saturated heterocycles. The third kappa shape index (κ3) is 3.92.